The summed E-state index contributed by atoms with van der Waals surface area (Å²) in [7, 11) is 0. The van der Waals surface area contributed by atoms with Crippen LogP contribution in [0.3, 0.4) is 0 Å². The van der Waals surface area contributed by atoms with Crippen molar-refractivity contribution in [3.05, 3.63) is 40.8 Å². The first-order chi connectivity index (χ1) is 8.15. The third-order valence-electron chi connectivity index (χ3n) is 1.91. The fourth-order valence-corrected chi connectivity index (χ4v) is 1.23. The highest BCUT2D eigenvalue weighted by Crippen LogP contribution is 2.05. The molecule has 1 aromatic rings. The zero-order valence-electron chi connectivity index (χ0n) is 8.79. The molecule has 1 atom stereocenters. The quantitative estimate of drug-likeness (QED) is 0.397. The van der Waals surface area contributed by atoms with Crippen molar-refractivity contribution in [1.82, 2.24) is 5.48 Å². The van der Waals surface area contributed by atoms with Crippen LogP contribution in [0.1, 0.15) is 5.56 Å². The third-order valence-corrected chi connectivity index (χ3v) is 2.26. The SMILES string of the molecule is O=C=C(S)[C@@H](NOCc1ccccc1)C(=O)O. The molecular weight excluding hydrogens is 242 g/mol. The van der Waals surface area contributed by atoms with Gasteiger partial charge in [0.1, 0.15) is 5.94 Å². The first-order valence-electron chi connectivity index (χ1n) is 4.73. The van der Waals surface area contributed by atoms with E-state index in [1.54, 1.807) is 0 Å². The van der Waals surface area contributed by atoms with Crippen molar-refractivity contribution in [3.8, 4) is 0 Å². The Labute approximate surface area is 103 Å². The number of carbonyl (C=O) groups is 1. The summed E-state index contributed by atoms with van der Waals surface area (Å²) in [5.41, 5.74) is 3.12. The summed E-state index contributed by atoms with van der Waals surface area (Å²) in [5.74, 6) is 0.145. The highest BCUT2D eigenvalue weighted by atomic mass is 32.1. The Morgan fingerprint density at radius 2 is 2.12 bits per heavy atom. The van der Waals surface area contributed by atoms with Crippen LogP contribution in [0.4, 0.5) is 0 Å². The van der Waals surface area contributed by atoms with Gasteiger partial charge in [-0.2, -0.15) is 5.48 Å². The predicted octanol–water partition coefficient (Wildman–Crippen LogP) is 0.806. The lowest BCUT2D eigenvalue weighted by Crippen LogP contribution is -2.37. The average Bonchev–Trinajstić information content (AvgIpc) is 2.34. The van der Waals surface area contributed by atoms with Crippen LogP contribution in [-0.2, 0) is 21.0 Å². The Hall–Kier alpha value is -1.59. The number of hydrogen-bond donors (Lipinski definition) is 3. The Morgan fingerprint density at radius 1 is 1.47 bits per heavy atom. The number of rotatable bonds is 6. The number of carbonyl (C=O) groups excluding carboxylic acids is 1. The summed E-state index contributed by atoms with van der Waals surface area (Å²) in [6.07, 6.45) is 0. The van der Waals surface area contributed by atoms with E-state index >= 15 is 0 Å². The molecule has 0 spiro atoms. The van der Waals surface area contributed by atoms with Crippen molar-refractivity contribution >= 4 is 24.5 Å². The van der Waals surface area contributed by atoms with Crippen LogP contribution < -0.4 is 5.48 Å². The van der Waals surface area contributed by atoms with E-state index in [9.17, 15) is 9.59 Å². The first kappa shape index (κ1) is 13.5. The lowest BCUT2D eigenvalue weighted by molar-refractivity contribution is -0.142. The van der Waals surface area contributed by atoms with Gasteiger partial charge in [-0.3, -0.25) is 9.63 Å². The molecule has 0 aliphatic heterocycles. The van der Waals surface area contributed by atoms with Crippen molar-refractivity contribution in [2.75, 3.05) is 0 Å². The molecular formula is C11H11NO4S. The summed E-state index contributed by atoms with van der Waals surface area (Å²) in [6, 6.07) is 7.88. The number of aliphatic carboxylic acids is 1. The Bertz CT molecular complexity index is 428. The highest BCUT2D eigenvalue weighted by Gasteiger charge is 2.21. The van der Waals surface area contributed by atoms with Crippen LogP contribution in [0, 0.1) is 0 Å². The lowest BCUT2D eigenvalue weighted by atomic mass is 10.2. The van der Waals surface area contributed by atoms with E-state index in [0.29, 0.717) is 0 Å². The second-order valence-corrected chi connectivity index (χ2v) is 3.63. The van der Waals surface area contributed by atoms with Crippen molar-refractivity contribution in [2.45, 2.75) is 12.6 Å². The third kappa shape index (κ3) is 4.42. The summed E-state index contributed by atoms with van der Waals surface area (Å²) >= 11 is 3.69. The molecule has 0 saturated carbocycles. The maximum Gasteiger partial charge on any atom is 0.328 e. The highest BCUT2D eigenvalue weighted by molar-refractivity contribution is 7.85. The van der Waals surface area contributed by atoms with Crippen molar-refractivity contribution in [1.29, 1.82) is 0 Å². The van der Waals surface area contributed by atoms with Crippen molar-refractivity contribution in [3.63, 3.8) is 0 Å². The van der Waals surface area contributed by atoms with Crippen LogP contribution in [-0.4, -0.2) is 23.1 Å². The molecule has 0 bridgehead atoms. The van der Waals surface area contributed by atoms with Gasteiger partial charge in [-0.1, -0.05) is 30.3 Å². The van der Waals surface area contributed by atoms with Gasteiger partial charge in [0.05, 0.1) is 11.5 Å². The molecule has 0 radical (unpaired) electrons. The Morgan fingerprint density at radius 3 is 2.65 bits per heavy atom. The number of hydroxylamine groups is 1. The number of nitrogens with one attached hydrogen (secondary N) is 1. The molecule has 0 aromatic heterocycles. The van der Waals surface area contributed by atoms with Gasteiger partial charge in [0.15, 0.2) is 6.04 Å². The fraction of sp³-hybridized carbons (Fsp3) is 0.182. The van der Waals surface area contributed by atoms with Gasteiger partial charge in [-0.15, -0.1) is 12.6 Å². The Balaban J connectivity index is 2.49. The molecule has 0 amide bonds. The predicted molar refractivity (Wildman–Crippen MR) is 64.0 cm³/mol. The summed E-state index contributed by atoms with van der Waals surface area (Å²) in [6.45, 7) is 0.185. The van der Waals surface area contributed by atoms with E-state index in [4.69, 9.17) is 9.94 Å². The number of carboxylic acid groups (broad SMARTS) is 1. The molecule has 1 rings (SSSR count). The van der Waals surface area contributed by atoms with Crippen LogP contribution in [0.15, 0.2) is 35.2 Å². The molecule has 0 saturated heterocycles. The second-order valence-electron chi connectivity index (χ2n) is 3.15. The number of carboxylic acids is 1. The smallest absolute Gasteiger partial charge is 0.328 e. The summed E-state index contributed by atoms with van der Waals surface area (Å²) < 4.78 is 0. The van der Waals surface area contributed by atoms with Crippen molar-refractivity contribution < 1.29 is 19.5 Å². The van der Waals surface area contributed by atoms with Crippen molar-refractivity contribution in [2.24, 2.45) is 0 Å². The molecule has 5 nitrogen and oxygen atoms in total. The monoisotopic (exact) mass is 253 g/mol. The van der Waals surface area contributed by atoms with Gasteiger partial charge in [-0.05, 0) is 5.56 Å². The zero-order valence-corrected chi connectivity index (χ0v) is 9.68. The minimum absolute atomic E-state index is 0.185. The second kappa shape index (κ2) is 6.88. The van der Waals surface area contributed by atoms with E-state index in [-0.39, 0.29) is 11.5 Å². The summed E-state index contributed by atoms with van der Waals surface area (Å²) in [5, 5.41) is 8.78. The molecule has 90 valence electrons. The molecule has 2 N–H and O–H groups in total. The van der Waals surface area contributed by atoms with E-state index in [2.05, 4.69) is 18.1 Å². The zero-order chi connectivity index (χ0) is 12.7. The van der Waals surface area contributed by atoms with Crippen LogP contribution in [0.5, 0.6) is 0 Å². The van der Waals surface area contributed by atoms with Crippen LogP contribution in [0.2, 0.25) is 0 Å². The molecule has 0 heterocycles. The molecule has 0 fully saturated rings. The fourth-order valence-electron chi connectivity index (χ4n) is 1.06. The van der Waals surface area contributed by atoms with Gasteiger partial charge < -0.3 is 5.11 Å². The van der Waals surface area contributed by atoms with Gasteiger partial charge in [0.2, 0.25) is 0 Å². The van der Waals surface area contributed by atoms with Gasteiger partial charge >= 0.3 is 5.97 Å². The normalized spacial score (nSPS) is 11.6. The maximum absolute atomic E-state index is 10.8. The van der Waals surface area contributed by atoms with Crippen LogP contribution in [0.25, 0.3) is 0 Å². The van der Waals surface area contributed by atoms with Crippen LogP contribution >= 0.6 is 12.6 Å². The molecule has 0 unspecified atom stereocenters. The molecule has 6 heteroatoms. The van der Waals surface area contributed by atoms with E-state index in [1.165, 1.54) is 5.94 Å². The lowest BCUT2D eigenvalue weighted by Gasteiger charge is -2.12. The van der Waals surface area contributed by atoms with E-state index < -0.39 is 12.0 Å². The topological polar surface area (TPSA) is 75.6 Å². The first-order valence-corrected chi connectivity index (χ1v) is 5.18. The molecule has 0 aliphatic rings. The Kier molecular flexibility index (Phi) is 5.45. The number of thiol groups is 1. The minimum atomic E-state index is -1.31. The van der Waals surface area contributed by atoms with Gasteiger partial charge in [0.25, 0.3) is 0 Å². The molecule has 1 aromatic carbocycles. The standard InChI is InChI=1S/C11H11NO4S/c13-6-9(17)10(11(14)15)12-16-7-8-4-2-1-3-5-8/h1-5,10,12,17H,7H2,(H,14,15)/t10-/m1/s1. The largest absolute Gasteiger partial charge is 0.480 e. The molecule has 0 aliphatic carbocycles. The number of hydrogen-bond acceptors (Lipinski definition) is 5. The van der Waals surface area contributed by atoms with E-state index in [0.717, 1.165) is 5.56 Å². The van der Waals surface area contributed by atoms with Gasteiger partial charge in [-0.25, -0.2) is 4.79 Å². The van der Waals surface area contributed by atoms with Gasteiger partial charge in [0, 0.05) is 0 Å². The van der Waals surface area contributed by atoms with E-state index in [1.807, 2.05) is 30.3 Å². The average molecular weight is 253 g/mol. The molecule has 17 heavy (non-hydrogen) atoms. The number of benzene rings is 1. The summed E-state index contributed by atoms with van der Waals surface area (Å²) in [4.78, 5) is 25.8. The minimum Gasteiger partial charge on any atom is -0.480 e. The maximum atomic E-state index is 10.8.